The smallest absolute Gasteiger partial charge is 0.274 e. The number of benzene rings is 1. The van der Waals surface area contributed by atoms with Crippen LogP contribution in [0.5, 0.6) is 5.88 Å². The number of amides is 1. The van der Waals surface area contributed by atoms with E-state index in [2.05, 4.69) is 23.2 Å². The maximum atomic E-state index is 12.9. The van der Waals surface area contributed by atoms with Gasteiger partial charge in [-0.15, -0.1) is 0 Å². The molecule has 0 radical (unpaired) electrons. The quantitative estimate of drug-likeness (QED) is 0.848. The average Bonchev–Trinajstić information content (AvgIpc) is 2.62. The monoisotopic (exact) mass is 344 g/mol. The predicted octanol–water partition coefficient (Wildman–Crippen LogP) is 3.76. The summed E-state index contributed by atoms with van der Waals surface area (Å²) in [5.74, 6) is 0.263. The predicted molar refractivity (Wildman–Crippen MR) is 94.8 cm³/mol. The largest absolute Gasteiger partial charge is 0.478 e. The minimum absolute atomic E-state index is 0.154. The van der Waals surface area contributed by atoms with Crippen molar-refractivity contribution in [2.75, 3.05) is 13.7 Å². The number of rotatable bonds is 4. The van der Waals surface area contributed by atoms with Crippen molar-refractivity contribution in [3.8, 4) is 5.88 Å². The van der Waals surface area contributed by atoms with E-state index in [1.54, 1.807) is 17.0 Å². The van der Waals surface area contributed by atoms with E-state index in [0.29, 0.717) is 17.5 Å². The molecular formula is C19H21ClN2O2. The second-order valence-electron chi connectivity index (χ2n) is 5.99. The summed E-state index contributed by atoms with van der Waals surface area (Å²) in [5, 5.41) is 0.353. The summed E-state index contributed by atoms with van der Waals surface area (Å²) in [6.45, 7) is 2.38. The number of aromatic nitrogens is 1. The van der Waals surface area contributed by atoms with Gasteiger partial charge in [-0.1, -0.05) is 35.9 Å². The third-order valence-corrected chi connectivity index (χ3v) is 4.81. The van der Waals surface area contributed by atoms with E-state index in [4.69, 9.17) is 16.3 Å². The summed E-state index contributed by atoms with van der Waals surface area (Å²) in [6, 6.07) is 11.9. The van der Waals surface area contributed by atoms with Gasteiger partial charge in [0.05, 0.1) is 11.6 Å². The first-order chi connectivity index (χ1) is 11.6. The van der Waals surface area contributed by atoms with Crippen LogP contribution in [0.25, 0.3) is 0 Å². The molecule has 24 heavy (non-hydrogen) atoms. The molecule has 1 aromatic carbocycles. The Morgan fingerprint density at radius 2 is 2.04 bits per heavy atom. The van der Waals surface area contributed by atoms with Crippen LogP contribution in [0.15, 0.2) is 36.4 Å². The Balaban J connectivity index is 1.79. The maximum Gasteiger partial charge on any atom is 0.274 e. The number of likely N-dealkylation sites (N-methyl/N-ethyl adjacent to an activating group) is 1. The summed E-state index contributed by atoms with van der Waals surface area (Å²) in [5.41, 5.74) is 2.95. The molecule has 0 fully saturated rings. The zero-order valence-corrected chi connectivity index (χ0v) is 14.7. The maximum absolute atomic E-state index is 12.9. The number of aryl methyl sites for hydroxylation is 1. The summed E-state index contributed by atoms with van der Waals surface area (Å²) in [6.07, 6.45) is 2.79. The fourth-order valence-corrected chi connectivity index (χ4v) is 3.33. The SMILES string of the molecule is CCOc1ccc(Cl)c(C(=O)N(C)C2CCc3ccccc3C2)n1. The third-order valence-electron chi connectivity index (χ3n) is 4.50. The van der Waals surface area contributed by atoms with Gasteiger partial charge in [-0.3, -0.25) is 4.79 Å². The Labute approximate surface area is 147 Å². The fourth-order valence-electron chi connectivity index (χ4n) is 3.14. The number of pyridine rings is 1. The molecule has 1 aliphatic carbocycles. The number of hydrogen-bond acceptors (Lipinski definition) is 3. The van der Waals surface area contributed by atoms with Crippen molar-refractivity contribution in [2.24, 2.45) is 0 Å². The van der Waals surface area contributed by atoms with Crippen molar-refractivity contribution >= 4 is 17.5 Å². The molecule has 0 spiro atoms. The number of carbonyl (C=O) groups is 1. The summed E-state index contributed by atoms with van der Waals surface area (Å²) < 4.78 is 5.38. The molecule has 126 valence electrons. The van der Waals surface area contributed by atoms with Gasteiger partial charge in [0, 0.05) is 19.2 Å². The van der Waals surface area contributed by atoms with E-state index in [0.717, 1.165) is 19.3 Å². The first kappa shape index (κ1) is 16.8. The minimum atomic E-state index is -0.161. The van der Waals surface area contributed by atoms with E-state index < -0.39 is 0 Å². The number of hydrogen-bond donors (Lipinski definition) is 0. The zero-order valence-electron chi connectivity index (χ0n) is 14.0. The molecule has 2 aromatic rings. The highest BCUT2D eigenvalue weighted by Gasteiger charge is 2.27. The topological polar surface area (TPSA) is 42.4 Å². The number of fused-ring (bicyclic) bond motifs is 1. The lowest BCUT2D eigenvalue weighted by Crippen LogP contribution is -2.41. The summed E-state index contributed by atoms with van der Waals surface area (Å²) >= 11 is 6.19. The molecule has 5 heteroatoms. The highest BCUT2D eigenvalue weighted by Crippen LogP contribution is 2.26. The van der Waals surface area contributed by atoms with Crippen LogP contribution in [0.3, 0.4) is 0 Å². The summed E-state index contributed by atoms with van der Waals surface area (Å²) in [7, 11) is 1.83. The van der Waals surface area contributed by atoms with E-state index >= 15 is 0 Å². The molecule has 0 aliphatic heterocycles. The van der Waals surface area contributed by atoms with Crippen molar-refractivity contribution in [3.63, 3.8) is 0 Å². The number of ether oxygens (including phenoxy) is 1. The lowest BCUT2D eigenvalue weighted by Gasteiger charge is -2.32. The second-order valence-corrected chi connectivity index (χ2v) is 6.40. The highest BCUT2D eigenvalue weighted by atomic mass is 35.5. The Morgan fingerprint density at radius 1 is 1.29 bits per heavy atom. The van der Waals surface area contributed by atoms with Gasteiger partial charge in [-0.25, -0.2) is 4.98 Å². The third kappa shape index (κ3) is 3.39. The lowest BCUT2D eigenvalue weighted by atomic mass is 9.87. The standard InChI is InChI=1S/C19H21ClN2O2/c1-3-24-17-11-10-16(20)18(21-17)19(23)22(2)15-9-8-13-6-4-5-7-14(13)12-15/h4-7,10-11,15H,3,8-9,12H2,1-2H3. The van der Waals surface area contributed by atoms with Gasteiger partial charge in [0.15, 0.2) is 5.69 Å². The average molecular weight is 345 g/mol. The molecule has 3 rings (SSSR count). The molecule has 1 atom stereocenters. The van der Waals surface area contributed by atoms with Gasteiger partial charge in [-0.05, 0) is 43.4 Å². The van der Waals surface area contributed by atoms with Crippen LogP contribution < -0.4 is 4.74 Å². The van der Waals surface area contributed by atoms with Crippen LogP contribution in [0.1, 0.15) is 35.0 Å². The molecule has 0 saturated carbocycles. The van der Waals surface area contributed by atoms with E-state index in [9.17, 15) is 4.79 Å². The van der Waals surface area contributed by atoms with Crippen molar-refractivity contribution < 1.29 is 9.53 Å². The Morgan fingerprint density at radius 3 is 2.79 bits per heavy atom. The van der Waals surface area contributed by atoms with Gasteiger partial charge in [0.2, 0.25) is 5.88 Å². The van der Waals surface area contributed by atoms with Crippen LogP contribution in [-0.2, 0) is 12.8 Å². The van der Waals surface area contributed by atoms with Gasteiger partial charge >= 0.3 is 0 Å². The second kappa shape index (κ2) is 7.22. The van der Waals surface area contributed by atoms with Crippen LogP contribution in [0, 0.1) is 0 Å². The normalized spacial score (nSPS) is 16.4. The van der Waals surface area contributed by atoms with Crippen molar-refractivity contribution in [1.29, 1.82) is 0 Å². The van der Waals surface area contributed by atoms with Gasteiger partial charge in [0.25, 0.3) is 5.91 Å². The first-order valence-corrected chi connectivity index (χ1v) is 8.61. The van der Waals surface area contributed by atoms with Gasteiger partial charge in [-0.2, -0.15) is 0 Å². The first-order valence-electron chi connectivity index (χ1n) is 8.23. The molecule has 0 N–H and O–H groups in total. The van der Waals surface area contributed by atoms with Crippen molar-refractivity contribution in [2.45, 2.75) is 32.2 Å². The Kier molecular flexibility index (Phi) is 5.05. The Bertz CT molecular complexity index is 748. The highest BCUT2D eigenvalue weighted by molar-refractivity contribution is 6.33. The molecule has 4 nitrogen and oxygen atoms in total. The number of carbonyl (C=O) groups excluding carboxylic acids is 1. The molecular weight excluding hydrogens is 324 g/mol. The fraction of sp³-hybridized carbons (Fsp3) is 0.368. The molecule has 0 saturated heterocycles. The minimum Gasteiger partial charge on any atom is -0.478 e. The van der Waals surface area contributed by atoms with E-state index in [-0.39, 0.29) is 17.6 Å². The van der Waals surface area contributed by atoms with E-state index in [1.807, 2.05) is 20.0 Å². The number of nitrogens with zero attached hydrogens (tertiary/aromatic N) is 2. The summed E-state index contributed by atoms with van der Waals surface area (Å²) in [4.78, 5) is 18.9. The lowest BCUT2D eigenvalue weighted by molar-refractivity contribution is 0.0712. The molecule has 1 unspecified atom stereocenters. The molecule has 0 bridgehead atoms. The molecule has 1 amide bonds. The molecule has 1 heterocycles. The number of halogens is 1. The Hall–Kier alpha value is -2.07. The van der Waals surface area contributed by atoms with Crippen LogP contribution >= 0.6 is 11.6 Å². The van der Waals surface area contributed by atoms with Crippen LogP contribution in [0.2, 0.25) is 5.02 Å². The molecule has 1 aromatic heterocycles. The van der Waals surface area contributed by atoms with Crippen molar-refractivity contribution in [1.82, 2.24) is 9.88 Å². The van der Waals surface area contributed by atoms with E-state index in [1.165, 1.54) is 11.1 Å². The van der Waals surface area contributed by atoms with Gasteiger partial charge < -0.3 is 9.64 Å². The van der Waals surface area contributed by atoms with Crippen LogP contribution in [0.4, 0.5) is 0 Å². The van der Waals surface area contributed by atoms with Crippen LogP contribution in [-0.4, -0.2) is 35.5 Å². The van der Waals surface area contributed by atoms with Crippen molar-refractivity contribution in [3.05, 3.63) is 58.2 Å². The molecule has 1 aliphatic rings. The zero-order chi connectivity index (χ0) is 17.1. The van der Waals surface area contributed by atoms with Gasteiger partial charge in [0.1, 0.15) is 0 Å².